The maximum Gasteiger partial charge on any atom is 0.305 e. The molecular weight excluding hydrogens is 266 g/mol. The first-order valence-corrected chi connectivity index (χ1v) is 8.03. The van der Waals surface area contributed by atoms with Crippen LogP contribution in [0.1, 0.15) is 32.1 Å². The van der Waals surface area contributed by atoms with Gasteiger partial charge in [0.1, 0.15) is 6.61 Å². The molecule has 1 saturated heterocycles. The number of ether oxygens (including phenoxy) is 1. The molecule has 0 radical (unpaired) electrons. The van der Waals surface area contributed by atoms with Crippen LogP contribution in [-0.2, 0) is 14.3 Å². The van der Waals surface area contributed by atoms with Crippen molar-refractivity contribution in [3.8, 4) is 0 Å². The molecule has 1 saturated carbocycles. The normalized spacial score (nSPS) is 24.6. The molecule has 1 aliphatic carbocycles. The number of hydrogen-bond acceptors (Lipinski definition) is 4. The van der Waals surface area contributed by atoms with Gasteiger partial charge in [0, 0.05) is 18.1 Å². The number of rotatable bonds is 5. The molecule has 1 heterocycles. The van der Waals surface area contributed by atoms with E-state index < -0.39 is 5.97 Å². The molecule has 2 aliphatic rings. The third-order valence-electron chi connectivity index (χ3n) is 3.70. The highest BCUT2D eigenvalue weighted by atomic mass is 32.2. The summed E-state index contributed by atoms with van der Waals surface area (Å²) in [7, 11) is 0. The molecule has 1 N–H and O–H groups in total. The molecule has 0 aromatic rings. The van der Waals surface area contributed by atoms with Crippen molar-refractivity contribution in [2.75, 3.05) is 24.7 Å². The van der Waals surface area contributed by atoms with Crippen molar-refractivity contribution in [3.63, 3.8) is 0 Å². The molecule has 0 aromatic heterocycles. The number of amides is 1. The van der Waals surface area contributed by atoms with Crippen LogP contribution in [0.25, 0.3) is 0 Å². The Morgan fingerprint density at radius 3 is 2.74 bits per heavy atom. The quantitative estimate of drug-likeness (QED) is 0.827. The molecule has 1 atom stereocenters. The predicted molar refractivity (Wildman–Crippen MR) is 73.3 cm³/mol. The summed E-state index contributed by atoms with van der Waals surface area (Å²) in [6, 6.07) is -0.184. The van der Waals surface area contributed by atoms with Crippen molar-refractivity contribution in [1.29, 1.82) is 0 Å². The lowest BCUT2D eigenvalue weighted by Gasteiger charge is -2.34. The van der Waals surface area contributed by atoms with Crippen molar-refractivity contribution in [3.05, 3.63) is 0 Å². The van der Waals surface area contributed by atoms with Crippen molar-refractivity contribution in [1.82, 2.24) is 4.90 Å². The second-order valence-electron chi connectivity index (χ2n) is 5.13. The van der Waals surface area contributed by atoms with Gasteiger partial charge in [-0.3, -0.25) is 9.59 Å². The summed E-state index contributed by atoms with van der Waals surface area (Å²) < 4.78 is 5.63. The summed E-state index contributed by atoms with van der Waals surface area (Å²) in [5, 5.41) is 8.89. The average Bonchev–Trinajstić information content (AvgIpc) is 2.89. The molecular formula is C13H21NO4S. The van der Waals surface area contributed by atoms with Gasteiger partial charge in [-0.25, -0.2) is 0 Å². The largest absolute Gasteiger partial charge is 0.481 e. The van der Waals surface area contributed by atoms with Gasteiger partial charge in [0.05, 0.1) is 18.6 Å². The van der Waals surface area contributed by atoms with E-state index in [4.69, 9.17) is 9.84 Å². The van der Waals surface area contributed by atoms with Crippen molar-refractivity contribution in [2.24, 2.45) is 0 Å². The van der Waals surface area contributed by atoms with E-state index in [-0.39, 0.29) is 31.1 Å². The molecule has 2 fully saturated rings. The Labute approximate surface area is 117 Å². The Morgan fingerprint density at radius 1 is 1.32 bits per heavy atom. The Kier molecular flexibility index (Phi) is 5.51. The third-order valence-corrected chi connectivity index (χ3v) is 4.79. The summed E-state index contributed by atoms with van der Waals surface area (Å²) in [5.41, 5.74) is 0. The van der Waals surface area contributed by atoms with Gasteiger partial charge >= 0.3 is 5.97 Å². The van der Waals surface area contributed by atoms with E-state index in [1.165, 1.54) is 12.8 Å². The zero-order valence-electron chi connectivity index (χ0n) is 11.0. The van der Waals surface area contributed by atoms with Gasteiger partial charge in [0.25, 0.3) is 0 Å². The molecule has 1 amide bonds. The van der Waals surface area contributed by atoms with E-state index in [2.05, 4.69) is 0 Å². The fourth-order valence-electron chi connectivity index (χ4n) is 2.68. The molecule has 0 spiro atoms. The highest BCUT2D eigenvalue weighted by molar-refractivity contribution is 7.99. The van der Waals surface area contributed by atoms with Gasteiger partial charge in [-0.05, 0) is 12.8 Å². The van der Waals surface area contributed by atoms with E-state index in [9.17, 15) is 9.59 Å². The maximum absolute atomic E-state index is 12.1. The smallest absolute Gasteiger partial charge is 0.305 e. The van der Waals surface area contributed by atoms with Crippen LogP contribution in [0.2, 0.25) is 0 Å². The fourth-order valence-corrected chi connectivity index (χ4v) is 3.74. The average molecular weight is 287 g/mol. The van der Waals surface area contributed by atoms with Crippen molar-refractivity contribution in [2.45, 2.75) is 44.2 Å². The van der Waals surface area contributed by atoms with Gasteiger partial charge in [0.2, 0.25) is 5.91 Å². The summed E-state index contributed by atoms with van der Waals surface area (Å²) >= 11 is 1.71. The fraction of sp³-hybridized carbons (Fsp3) is 0.846. The molecule has 0 aromatic carbocycles. The zero-order chi connectivity index (χ0) is 13.7. The monoisotopic (exact) mass is 287 g/mol. The van der Waals surface area contributed by atoms with E-state index in [1.807, 2.05) is 0 Å². The summed E-state index contributed by atoms with van der Waals surface area (Å²) in [4.78, 5) is 24.7. The summed E-state index contributed by atoms with van der Waals surface area (Å²) in [6.07, 6.45) is 4.70. The summed E-state index contributed by atoms with van der Waals surface area (Å²) in [6.45, 7) is 0.737. The highest BCUT2D eigenvalue weighted by Crippen LogP contribution is 2.22. The van der Waals surface area contributed by atoms with E-state index in [0.717, 1.165) is 18.6 Å². The second kappa shape index (κ2) is 7.14. The van der Waals surface area contributed by atoms with Crippen LogP contribution >= 0.6 is 11.8 Å². The number of carbonyl (C=O) groups is 2. The molecule has 2 rings (SSSR count). The molecule has 6 heteroatoms. The van der Waals surface area contributed by atoms with Gasteiger partial charge in [0.15, 0.2) is 0 Å². The Balaban J connectivity index is 1.82. The SMILES string of the molecule is O=C(O)CC1CSCCN1C(=O)COC1CCCC1. The Morgan fingerprint density at radius 2 is 2.05 bits per heavy atom. The lowest BCUT2D eigenvalue weighted by Crippen LogP contribution is -2.48. The number of hydrogen-bond donors (Lipinski definition) is 1. The molecule has 1 unspecified atom stereocenters. The van der Waals surface area contributed by atoms with E-state index in [1.54, 1.807) is 16.7 Å². The van der Waals surface area contributed by atoms with Crippen LogP contribution in [0.3, 0.4) is 0 Å². The van der Waals surface area contributed by atoms with Gasteiger partial charge in [-0.2, -0.15) is 11.8 Å². The van der Waals surface area contributed by atoms with E-state index in [0.29, 0.717) is 12.3 Å². The molecule has 1 aliphatic heterocycles. The topological polar surface area (TPSA) is 66.8 Å². The number of carbonyl (C=O) groups excluding carboxylic acids is 1. The first-order chi connectivity index (χ1) is 9.16. The molecule has 5 nitrogen and oxygen atoms in total. The standard InChI is InChI=1S/C13H21NO4S/c15-12(8-18-11-3-1-2-4-11)14-5-6-19-9-10(14)7-13(16)17/h10-11H,1-9H2,(H,16,17). The molecule has 19 heavy (non-hydrogen) atoms. The third kappa shape index (κ3) is 4.38. The first-order valence-electron chi connectivity index (χ1n) is 6.87. The lowest BCUT2D eigenvalue weighted by molar-refractivity contribution is -0.143. The Bertz CT molecular complexity index is 331. The minimum absolute atomic E-state index is 0.0299. The molecule has 0 bridgehead atoms. The van der Waals surface area contributed by atoms with Crippen LogP contribution in [-0.4, -0.2) is 58.7 Å². The number of nitrogens with zero attached hydrogens (tertiary/aromatic N) is 1. The number of carboxylic acids is 1. The van der Waals surface area contributed by atoms with Crippen LogP contribution in [0.5, 0.6) is 0 Å². The van der Waals surface area contributed by atoms with Crippen molar-refractivity contribution >= 4 is 23.6 Å². The minimum Gasteiger partial charge on any atom is -0.481 e. The van der Waals surface area contributed by atoms with Crippen LogP contribution in [0.4, 0.5) is 0 Å². The summed E-state index contributed by atoms with van der Waals surface area (Å²) in [5.74, 6) is 0.688. The van der Waals surface area contributed by atoms with Crippen LogP contribution in [0, 0.1) is 0 Å². The van der Waals surface area contributed by atoms with Crippen LogP contribution < -0.4 is 0 Å². The maximum atomic E-state index is 12.1. The van der Waals surface area contributed by atoms with Gasteiger partial charge < -0.3 is 14.7 Å². The number of carboxylic acid groups (broad SMARTS) is 1. The number of thioether (sulfide) groups is 1. The van der Waals surface area contributed by atoms with Gasteiger partial charge in [-0.15, -0.1) is 0 Å². The van der Waals surface area contributed by atoms with E-state index >= 15 is 0 Å². The van der Waals surface area contributed by atoms with Gasteiger partial charge in [-0.1, -0.05) is 12.8 Å². The first kappa shape index (κ1) is 14.7. The highest BCUT2D eigenvalue weighted by Gasteiger charge is 2.29. The second-order valence-corrected chi connectivity index (χ2v) is 6.28. The predicted octanol–water partition coefficient (Wildman–Crippen LogP) is 1.36. The minimum atomic E-state index is -0.845. The lowest BCUT2D eigenvalue weighted by atomic mass is 10.2. The Hall–Kier alpha value is -0.750. The van der Waals surface area contributed by atoms with Crippen LogP contribution in [0.15, 0.2) is 0 Å². The zero-order valence-corrected chi connectivity index (χ0v) is 11.9. The molecule has 108 valence electrons. The van der Waals surface area contributed by atoms with Crippen molar-refractivity contribution < 1.29 is 19.4 Å². The number of aliphatic carboxylic acids is 1.